The molecule has 2 N–H and O–H groups in total. The minimum absolute atomic E-state index is 0.140. The van der Waals surface area contributed by atoms with E-state index in [1.165, 1.54) is 0 Å². The van der Waals surface area contributed by atoms with Gasteiger partial charge in [-0.3, -0.25) is 4.79 Å². The number of nitrogens with one attached hydrogen (secondary N) is 1. The monoisotopic (exact) mass is 413 g/mol. The summed E-state index contributed by atoms with van der Waals surface area (Å²) in [4.78, 5) is 10.7. The summed E-state index contributed by atoms with van der Waals surface area (Å²) in [5.74, 6) is 5.12. The third kappa shape index (κ3) is 7.04. The fourth-order valence-corrected chi connectivity index (χ4v) is 4.18. The molecule has 0 amide bonds. The molecule has 0 radical (unpaired) electrons. The van der Waals surface area contributed by atoms with E-state index in [2.05, 4.69) is 16.6 Å². The Morgan fingerprint density at radius 1 is 1.07 bits per heavy atom. The van der Waals surface area contributed by atoms with Crippen LogP contribution >= 0.6 is 0 Å². The number of hydrogen-bond acceptors (Lipinski definition) is 3. The van der Waals surface area contributed by atoms with Crippen molar-refractivity contribution in [2.45, 2.75) is 57.9 Å². The quantitative estimate of drug-likeness (QED) is 0.504. The summed E-state index contributed by atoms with van der Waals surface area (Å²) in [6.45, 7) is 6.22. The molecule has 0 aliphatic heterocycles. The van der Waals surface area contributed by atoms with E-state index in [0.717, 1.165) is 22.3 Å². The van der Waals surface area contributed by atoms with Gasteiger partial charge < -0.3 is 5.11 Å². The Bertz CT molecular complexity index is 1020. The van der Waals surface area contributed by atoms with Gasteiger partial charge >= 0.3 is 5.97 Å². The first kappa shape index (κ1) is 22.7. The molecule has 0 bridgehead atoms. The molecule has 0 aliphatic rings. The first-order chi connectivity index (χ1) is 13.7. The van der Waals surface area contributed by atoms with Crippen molar-refractivity contribution in [3.8, 4) is 11.8 Å². The number of carboxylic acids is 1. The minimum atomic E-state index is -3.66. The Balaban J connectivity index is 2.04. The Kier molecular flexibility index (Phi) is 8.00. The molecule has 6 heteroatoms. The van der Waals surface area contributed by atoms with Gasteiger partial charge in [-0.1, -0.05) is 35.6 Å². The number of rotatable bonds is 8. The molecular formula is C23H27NO4S. The van der Waals surface area contributed by atoms with Gasteiger partial charge in [0.15, 0.2) is 0 Å². The summed E-state index contributed by atoms with van der Waals surface area (Å²) in [7, 11) is -3.66. The number of aryl methyl sites for hydroxylation is 3. The predicted octanol–water partition coefficient (Wildman–Crippen LogP) is 4.09. The van der Waals surface area contributed by atoms with Gasteiger partial charge in [0.1, 0.15) is 0 Å². The zero-order valence-electron chi connectivity index (χ0n) is 17.1. The lowest BCUT2D eigenvalue weighted by Crippen LogP contribution is -2.24. The number of carbonyl (C=O) groups is 1. The smallest absolute Gasteiger partial charge is 0.303 e. The van der Waals surface area contributed by atoms with E-state index < -0.39 is 16.0 Å². The molecule has 0 spiro atoms. The van der Waals surface area contributed by atoms with Gasteiger partial charge in [-0.2, -0.15) is 0 Å². The minimum Gasteiger partial charge on any atom is -0.481 e. The van der Waals surface area contributed by atoms with Gasteiger partial charge in [0.05, 0.1) is 4.90 Å². The number of carboxylic acid groups (broad SMARTS) is 1. The second kappa shape index (κ2) is 10.2. The zero-order valence-corrected chi connectivity index (χ0v) is 17.9. The normalized spacial score (nSPS) is 11.0. The Morgan fingerprint density at radius 3 is 2.41 bits per heavy atom. The number of aliphatic carboxylic acids is 1. The maximum absolute atomic E-state index is 12.7. The van der Waals surface area contributed by atoms with Gasteiger partial charge in [0, 0.05) is 24.9 Å². The standard InChI is InChI=1S/C23H27NO4S/c1-17-13-18(2)22(19(3)14-17)16-24-29(27,28)21-11-8-10-20(15-21)9-6-4-5-7-12-23(25)26/h8,10-11,13-15,24H,4-5,7,12,16H2,1-3H3,(H,25,26). The van der Waals surface area contributed by atoms with Gasteiger partial charge in [-0.25, -0.2) is 13.1 Å². The summed E-state index contributed by atoms with van der Waals surface area (Å²) in [5.41, 5.74) is 4.88. The van der Waals surface area contributed by atoms with E-state index in [1.54, 1.807) is 24.3 Å². The van der Waals surface area contributed by atoms with E-state index in [0.29, 0.717) is 24.8 Å². The van der Waals surface area contributed by atoms with Gasteiger partial charge in [-0.15, -0.1) is 0 Å². The zero-order chi connectivity index (χ0) is 21.4. The molecular weight excluding hydrogens is 386 g/mol. The lowest BCUT2D eigenvalue weighted by molar-refractivity contribution is -0.137. The van der Waals surface area contributed by atoms with Crippen LogP contribution in [0.25, 0.3) is 0 Å². The molecule has 0 aliphatic carbocycles. The topological polar surface area (TPSA) is 83.5 Å². The second-order valence-electron chi connectivity index (χ2n) is 7.13. The first-order valence-corrected chi connectivity index (χ1v) is 11.0. The highest BCUT2D eigenvalue weighted by atomic mass is 32.2. The van der Waals surface area contributed by atoms with E-state index in [4.69, 9.17) is 5.11 Å². The molecule has 2 rings (SSSR count). The average molecular weight is 414 g/mol. The van der Waals surface area contributed by atoms with Crippen LogP contribution in [0.3, 0.4) is 0 Å². The highest BCUT2D eigenvalue weighted by Gasteiger charge is 2.15. The van der Waals surface area contributed by atoms with Crippen LogP contribution in [0.4, 0.5) is 0 Å². The largest absolute Gasteiger partial charge is 0.481 e. The van der Waals surface area contributed by atoms with Crippen LogP contribution in [0.5, 0.6) is 0 Å². The molecule has 0 aromatic heterocycles. The van der Waals surface area contributed by atoms with Gasteiger partial charge in [0.25, 0.3) is 0 Å². The molecule has 0 saturated heterocycles. The van der Waals surface area contributed by atoms with Crippen molar-refractivity contribution in [3.05, 3.63) is 64.2 Å². The van der Waals surface area contributed by atoms with E-state index in [9.17, 15) is 13.2 Å². The molecule has 0 heterocycles. The molecule has 154 valence electrons. The lowest BCUT2D eigenvalue weighted by atomic mass is 10.0. The van der Waals surface area contributed by atoms with Crippen molar-refractivity contribution in [2.75, 3.05) is 0 Å². The van der Waals surface area contributed by atoms with Crippen LogP contribution < -0.4 is 4.72 Å². The van der Waals surface area contributed by atoms with Crippen LogP contribution in [-0.4, -0.2) is 19.5 Å². The fraction of sp³-hybridized carbons (Fsp3) is 0.348. The summed E-state index contributed by atoms with van der Waals surface area (Å²) in [6.07, 6.45) is 2.00. The third-order valence-corrected chi connectivity index (χ3v) is 6.00. The van der Waals surface area contributed by atoms with Crippen LogP contribution in [0.1, 0.15) is 53.5 Å². The fourth-order valence-electron chi connectivity index (χ4n) is 3.13. The molecule has 0 unspecified atom stereocenters. The molecule has 0 fully saturated rings. The Morgan fingerprint density at radius 2 is 1.76 bits per heavy atom. The number of hydrogen-bond donors (Lipinski definition) is 2. The van der Waals surface area contributed by atoms with Crippen molar-refractivity contribution >= 4 is 16.0 Å². The number of unbranched alkanes of at least 4 members (excludes halogenated alkanes) is 2. The van der Waals surface area contributed by atoms with E-state index in [1.807, 2.05) is 32.9 Å². The third-order valence-electron chi connectivity index (χ3n) is 4.60. The second-order valence-corrected chi connectivity index (χ2v) is 8.90. The summed E-state index contributed by atoms with van der Waals surface area (Å²) in [6, 6.07) is 10.6. The van der Waals surface area contributed by atoms with Crippen molar-refractivity contribution in [2.24, 2.45) is 0 Å². The highest BCUT2D eigenvalue weighted by Crippen LogP contribution is 2.18. The Labute approximate surface area is 173 Å². The maximum Gasteiger partial charge on any atom is 0.303 e. The predicted molar refractivity (Wildman–Crippen MR) is 114 cm³/mol. The molecule has 5 nitrogen and oxygen atoms in total. The van der Waals surface area contributed by atoms with Crippen LogP contribution in [0.2, 0.25) is 0 Å². The molecule has 2 aromatic carbocycles. The van der Waals surface area contributed by atoms with E-state index >= 15 is 0 Å². The lowest BCUT2D eigenvalue weighted by Gasteiger charge is -2.13. The average Bonchev–Trinajstić information content (AvgIpc) is 2.63. The molecule has 2 aromatic rings. The molecule has 0 saturated carbocycles. The Hall–Kier alpha value is -2.62. The molecule has 29 heavy (non-hydrogen) atoms. The first-order valence-electron chi connectivity index (χ1n) is 9.56. The van der Waals surface area contributed by atoms with E-state index in [-0.39, 0.29) is 17.9 Å². The van der Waals surface area contributed by atoms with Gasteiger partial charge in [0.2, 0.25) is 10.0 Å². The van der Waals surface area contributed by atoms with Crippen LogP contribution in [-0.2, 0) is 21.4 Å². The number of sulfonamides is 1. The summed E-state index contributed by atoms with van der Waals surface area (Å²) < 4.78 is 28.1. The van der Waals surface area contributed by atoms with Crippen molar-refractivity contribution in [1.29, 1.82) is 0 Å². The van der Waals surface area contributed by atoms with Crippen molar-refractivity contribution < 1.29 is 18.3 Å². The molecule has 0 atom stereocenters. The van der Waals surface area contributed by atoms with Crippen molar-refractivity contribution in [3.63, 3.8) is 0 Å². The van der Waals surface area contributed by atoms with Crippen molar-refractivity contribution in [1.82, 2.24) is 4.72 Å². The summed E-state index contributed by atoms with van der Waals surface area (Å²) in [5, 5.41) is 8.61. The van der Waals surface area contributed by atoms with Crippen LogP contribution in [0.15, 0.2) is 41.3 Å². The summed E-state index contributed by atoms with van der Waals surface area (Å²) >= 11 is 0. The van der Waals surface area contributed by atoms with Crippen LogP contribution in [0, 0.1) is 32.6 Å². The number of benzene rings is 2. The SMILES string of the molecule is Cc1cc(C)c(CNS(=O)(=O)c2cccc(C#CCCCCC(=O)O)c2)c(C)c1. The van der Waals surface area contributed by atoms with Gasteiger partial charge in [-0.05, 0) is 68.5 Å². The maximum atomic E-state index is 12.7. The highest BCUT2D eigenvalue weighted by molar-refractivity contribution is 7.89.